The van der Waals surface area contributed by atoms with Crippen molar-refractivity contribution >= 4 is 34.0 Å². The van der Waals surface area contributed by atoms with E-state index in [9.17, 15) is 9.59 Å². The van der Waals surface area contributed by atoms with E-state index in [4.69, 9.17) is 14.9 Å². The van der Waals surface area contributed by atoms with E-state index in [1.54, 1.807) is 25.1 Å². The molecule has 0 amide bonds. The lowest BCUT2D eigenvalue weighted by molar-refractivity contribution is 0.0522. The molecule has 0 unspecified atom stereocenters. The fraction of sp³-hybridized carbons (Fsp3) is 0.0833. The summed E-state index contributed by atoms with van der Waals surface area (Å²) in [7, 11) is 0. The van der Waals surface area contributed by atoms with Gasteiger partial charge in [-0.1, -0.05) is 24.3 Å². The highest BCUT2D eigenvalue weighted by Crippen LogP contribution is 2.26. The third kappa shape index (κ3) is 4.51. The van der Waals surface area contributed by atoms with E-state index in [1.165, 1.54) is 6.07 Å². The monoisotopic (exact) mass is 413 g/mol. The highest BCUT2D eigenvalue weighted by Gasteiger charge is 2.14. The minimum Gasteiger partial charge on any atom is -0.462 e. The van der Waals surface area contributed by atoms with Crippen LogP contribution in [-0.2, 0) is 4.74 Å². The van der Waals surface area contributed by atoms with Gasteiger partial charge in [-0.05, 0) is 66.6 Å². The Hall–Kier alpha value is -4.26. The Morgan fingerprint density at radius 2 is 1.52 bits per heavy atom. The maximum Gasteiger partial charge on any atom is 0.351 e. The lowest BCUT2D eigenvalue weighted by Gasteiger charge is -2.03. The van der Waals surface area contributed by atoms with Crippen LogP contribution in [0.25, 0.3) is 22.1 Å². The first-order valence-electron chi connectivity index (χ1n) is 9.66. The number of azo groups is 1. The second kappa shape index (κ2) is 8.62. The summed E-state index contributed by atoms with van der Waals surface area (Å²) in [6, 6.07) is 21.7. The molecule has 2 N–H and O–H groups in total. The van der Waals surface area contributed by atoms with Gasteiger partial charge in [-0.25, -0.2) is 9.59 Å². The molecule has 1 aromatic heterocycles. The van der Waals surface area contributed by atoms with Gasteiger partial charge in [-0.15, -0.1) is 0 Å². The largest absolute Gasteiger partial charge is 0.462 e. The van der Waals surface area contributed by atoms with E-state index < -0.39 is 11.6 Å². The zero-order valence-electron chi connectivity index (χ0n) is 16.7. The summed E-state index contributed by atoms with van der Waals surface area (Å²) >= 11 is 0. The van der Waals surface area contributed by atoms with Crippen LogP contribution in [0.15, 0.2) is 92.2 Å². The van der Waals surface area contributed by atoms with Crippen molar-refractivity contribution in [3.05, 3.63) is 88.8 Å². The molecule has 0 radical (unpaired) electrons. The molecule has 4 aromatic rings. The lowest BCUT2D eigenvalue weighted by atomic mass is 10.1. The zero-order chi connectivity index (χ0) is 21.8. The number of carbonyl (C=O) groups is 1. The van der Waals surface area contributed by atoms with Crippen LogP contribution in [0.4, 0.5) is 17.1 Å². The Morgan fingerprint density at radius 1 is 0.903 bits per heavy atom. The van der Waals surface area contributed by atoms with Crippen molar-refractivity contribution in [2.75, 3.05) is 12.3 Å². The summed E-state index contributed by atoms with van der Waals surface area (Å²) in [5, 5.41) is 9.06. The van der Waals surface area contributed by atoms with Crippen LogP contribution in [0, 0.1) is 0 Å². The number of nitrogens with zero attached hydrogens (tertiary/aromatic N) is 2. The maximum atomic E-state index is 12.0. The van der Waals surface area contributed by atoms with Crippen LogP contribution in [0.2, 0.25) is 0 Å². The van der Waals surface area contributed by atoms with Crippen molar-refractivity contribution in [2.45, 2.75) is 6.92 Å². The van der Waals surface area contributed by atoms with E-state index in [0.717, 1.165) is 16.8 Å². The number of carbonyl (C=O) groups excluding carboxylic acids is 1. The highest BCUT2D eigenvalue weighted by molar-refractivity contribution is 5.93. The van der Waals surface area contributed by atoms with Crippen molar-refractivity contribution < 1.29 is 13.9 Å². The molecule has 7 nitrogen and oxygen atoms in total. The van der Waals surface area contributed by atoms with Crippen LogP contribution in [-0.4, -0.2) is 12.6 Å². The number of anilines is 1. The van der Waals surface area contributed by atoms with Gasteiger partial charge >= 0.3 is 11.6 Å². The third-order valence-corrected chi connectivity index (χ3v) is 4.60. The molecule has 0 fully saturated rings. The number of ether oxygens (including phenoxy) is 1. The van der Waals surface area contributed by atoms with Crippen molar-refractivity contribution in [1.82, 2.24) is 0 Å². The number of fused-ring (bicyclic) bond motifs is 1. The Kier molecular flexibility index (Phi) is 5.57. The molecule has 0 atom stereocenters. The van der Waals surface area contributed by atoms with Gasteiger partial charge in [0.2, 0.25) is 0 Å². The minimum atomic E-state index is -0.735. The molecule has 154 valence electrons. The van der Waals surface area contributed by atoms with Crippen molar-refractivity contribution in [1.29, 1.82) is 0 Å². The standard InChI is InChI=1S/C24H19N3O4/c1-2-30-23(28)21-14-17-13-20(11-12-22(17)31-24(21)29)27-26-19-9-5-16(6-10-19)15-3-7-18(25)8-4-15/h3-14H,2,25H2,1H3/b27-26+. The summed E-state index contributed by atoms with van der Waals surface area (Å²) in [6.07, 6.45) is 0. The van der Waals surface area contributed by atoms with Gasteiger partial charge in [0.15, 0.2) is 0 Å². The van der Waals surface area contributed by atoms with Gasteiger partial charge in [0, 0.05) is 11.1 Å². The second-order valence-corrected chi connectivity index (χ2v) is 6.76. The number of nitrogens with two attached hydrogens (primary N) is 1. The normalized spacial score (nSPS) is 11.1. The number of hydrogen-bond donors (Lipinski definition) is 1. The number of benzene rings is 3. The first-order valence-corrected chi connectivity index (χ1v) is 9.66. The summed E-state index contributed by atoms with van der Waals surface area (Å²) in [5.41, 5.74) is 9.27. The smallest absolute Gasteiger partial charge is 0.351 e. The fourth-order valence-corrected chi connectivity index (χ4v) is 3.04. The SMILES string of the molecule is CCOC(=O)c1cc2cc(/N=N/c3ccc(-c4ccc(N)cc4)cc3)ccc2oc1=O. The molecule has 0 saturated carbocycles. The molecular weight excluding hydrogens is 394 g/mol. The first-order chi connectivity index (χ1) is 15.0. The van der Waals surface area contributed by atoms with Gasteiger partial charge in [0.25, 0.3) is 0 Å². The summed E-state index contributed by atoms with van der Waals surface area (Å²) in [4.78, 5) is 23.9. The van der Waals surface area contributed by atoms with E-state index >= 15 is 0 Å². The molecule has 0 aliphatic heterocycles. The molecule has 3 aromatic carbocycles. The molecule has 31 heavy (non-hydrogen) atoms. The number of esters is 1. The topological polar surface area (TPSA) is 107 Å². The van der Waals surface area contributed by atoms with E-state index in [0.29, 0.717) is 22.3 Å². The Morgan fingerprint density at radius 3 is 2.19 bits per heavy atom. The summed E-state index contributed by atoms with van der Waals surface area (Å²) in [6.45, 7) is 1.84. The van der Waals surface area contributed by atoms with Crippen LogP contribution < -0.4 is 11.4 Å². The van der Waals surface area contributed by atoms with Crippen LogP contribution >= 0.6 is 0 Å². The first kappa shape index (κ1) is 20.0. The maximum absolute atomic E-state index is 12.0. The Balaban J connectivity index is 1.57. The molecule has 1 heterocycles. The number of hydrogen-bond acceptors (Lipinski definition) is 7. The average molecular weight is 413 g/mol. The van der Waals surface area contributed by atoms with Crippen LogP contribution in [0.3, 0.4) is 0 Å². The number of rotatable bonds is 5. The minimum absolute atomic E-state index is 0.151. The summed E-state index contributed by atoms with van der Waals surface area (Å²) < 4.78 is 10.1. The van der Waals surface area contributed by atoms with Crippen molar-refractivity contribution in [3.63, 3.8) is 0 Å². The molecule has 7 heteroatoms. The molecule has 0 saturated heterocycles. The highest BCUT2D eigenvalue weighted by atomic mass is 16.5. The third-order valence-electron chi connectivity index (χ3n) is 4.60. The molecule has 0 aliphatic rings. The predicted octanol–water partition coefficient (Wildman–Crippen LogP) is 5.63. The molecule has 0 spiro atoms. The van der Waals surface area contributed by atoms with Crippen molar-refractivity contribution in [2.24, 2.45) is 10.2 Å². The summed E-state index contributed by atoms with van der Waals surface area (Å²) in [5.74, 6) is -0.716. The molecular formula is C24H19N3O4. The van der Waals surface area contributed by atoms with Gasteiger partial charge in [-0.2, -0.15) is 10.2 Å². The van der Waals surface area contributed by atoms with Crippen LogP contribution in [0.1, 0.15) is 17.3 Å². The Labute approximate surface area is 177 Å². The zero-order valence-corrected chi connectivity index (χ0v) is 16.7. The van der Waals surface area contributed by atoms with Crippen molar-refractivity contribution in [3.8, 4) is 11.1 Å². The van der Waals surface area contributed by atoms with Gasteiger partial charge in [0.05, 0.1) is 18.0 Å². The van der Waals surface area contributed by atoms with E-state index in [2.05, 4.69) is 10.2 Å². The lowest BCUT2D eigenvalue weighted by Crippen LogP contribution is -2.16. The second-order valence-electron chi connectivity index (χ2n) is 6.76. The number of nitrogen functional groups attached to an aromatic ring is 1. The van der Waals surface area contributed by atoms with Gasteiger partial charge < -0.3 is 14.9 Å². The van der Waals surface area contributed by atoms with Crippen LogP contribution in [0.5, 0.6) is 0 Å². The van der Waals surface area contributed by atoms with E-state index in [-0.39, 0.29) is 12.2 Å². The van der Waals surface area contributed by atoms with Gasteiger partial charge in [-0.3, -0.25) is 0 Å². The van der Waals surface area contributed by atoms with Gasteiger partial charge in [0.1, 0.15) is 11.1 Å². The molecule has 0 aliphatic carbocycles. The fourth-order valence-electron chi connectivity index (χ4n) is 3.04. The molecule has 4 rings (SSSR count). The average Bonchev–Trinajstić information content (AvgIpc) is 2.78. The van der Waals surface area contributed by atoms with E-state index in [1.807, 2.05) is 48.5 Å². The quantitative estimate of drug-likeness (QED) is 0.197. The molecule has 0 bridgehead atoms. The predicted molar refractivity (Wildman–Crippen MR) is 119 cm³/mol. The Bertz CT molecular complexity index is 1320.